The van der Waals surface area contributed by atoms with Crippen LogP contribution >= 0.6 is 0 Å². The Bertz CT molecular complexity index is 581. The van der Waals surface area contributed by atoms with Crippen molar-refractivity contribution in [3.63, 3.8) is 0 Å². The number of anilines is 3. The minimum atomic E-state index is -0.298. The summed E-state index contributed by atoms with van der Waals surface area (Å²) in [6, 6.07) is 12.9. The Balaban J connectivity index is 1.93. The van der Waals surface area contributed by atoms with Crippen molar-refractivity contribution in [1.29, 1.82) is 0 Å². The van der Waals surface area contributed by atoms with Crippen molar-refractivity contribution in [2.24, 2.45) is 0 Å². The maximum Gasteiger partial charge on any atom is 0.243 e. The van der Waals surface area contributed by atoms with E-state index in [1.807, 2.05) is 0 Å². The van der Waals surface area contributed by atoms with Crippen LogP contribution in [-0.4, -0.2) is 19.5 Å². The molecule has 0 spiro atoms. The van der Waals surface area contributed by atoms with E-state index in [1.165, 1.54) is 12.1 Å². The number of halogens is 1. The summed E-state index contributed by atoms with van der Waals surface area (Å²) in [5, 5.41) is 2.77. The Kier molecular flexibility index (Phi) is 4.20. The minimum Gasteiger partial charge on any atom is -0.399 e. The number of hydrogen-bond donors (Lipinski definition) is 2. The highest BCUT2D eigenvalue weighted by Crippen LogP contribution is 2.14. The van der Waals surface area contributed by atoms with Gasteiger partial charge in [-0.05, 0) is 48.5 Å². The van der Waals surface area contributed by atoms with Gasteiger partial charge >= 0.3 is 0 Å². The molecule has 5 heteroatoms. The third kappa shape index (κ3) is 3.71. The first kappa shape index (κ1) is 13.9. The highest BCUT2D eigenvalue weighted by atomic mass is 19.1. The Morgan fingerprint density at radius 3 is 2.35 bits per heavy atom. The molecule has 0 saturated carbocycles. The fourth-order valence-corrected chi connectivity index (χ4v) is 1.77. The number of carbonyl (C=O) groups is 1. The summed E-state index contributed by atoms with van der Waals surface area (Å²) in [5.41, 5.74) is 7.69. The molecule has 0 bridgehead atoms. The third-order valence-corrected chi connectivity index (χ3v) is 2.84. The predicted molar refractivity (Wildman–Crippen MR) is 79.2 cm³/mol. The van der Waals surface area contributed by atoms with Crippen LogP contribution in [0.3, 0.4) is 0 Å². The number of nitrogens with one attached hydrogen (secondary N) is 1. The molecule has 2 aromatic rings. The Morgan fingerprint density at radius 2 is 1.75 bits per heavy atom. The van der Waals surface area contributed by atoms with E-state index in [9.17, 15) is 9.18 Å². The van der Waals surface area contributed by atoms with Gasteiger partial charge in [-0.15, -0.1) is 0 Å². The van der Waals surface area contributed by atoms with Crippen molar-refractivity contribution < 1.29 is 9.18 Å². The monoisotopic (exact) mass is 273 g/mol. The molecule has 0 saturated heterocycles. The van der Waals surface area contributed by atoms with Gasteiger partial charge in [0.15, 0.2) is 0 Å². The number of carbonyl (C=O) groups excluding carboxylic acids is 1. The molecule has 104 valence electrons. The van der Waals surface area contributed by atoms with E-state index < -0.39 is 0 Å². The van der Waals surface area contributed by atoms with Crippen molar-refractivity contribution in [2.45, 2.75) is 0 Å². The molecule has 0 aliphatic heterocycles. The molecule has 2 aromatic carbocycles. The van der Waals surface area contributed by atoms with Gasteiger partial charge in [-0.3, -0.25) is 4.79 Å². The molecule has 0 aromatic heterocycles. The number of hydrogen-bond acceptors (Lipinski definition) is 3. The molecule has 0 fully saturated rings. The maximum absolute atomic E-state index is 12.8. The predicted octanol–water partition coefficient (Wildman–Crippen LogP) is 2.48. The molecule has 0 atom stereocenters. The third-order valence-electron chi connectivity index (χ3n) is 2.84. The van der Waals surface area contributed by atoms with Gasteiger partial charge in [0, 0.05) is 24.1 Å². The molecule has 4 nitrogen and oxygen atoms in total. The van der Waals surface area contributed by atoms with Crippen LogP contribution in [0, 0.1) is 5.82 Å². The van der Waals surface area contributed by atoms with Crippen molar-refractivity contribution in [1.82, 2.24) is 0 Å². The van der Waals surface area contributed by atoms with E-state index >= 15 is 0 Å². The first-order valence-corrected chi connectivity index (χ1v) is 6.17. The van der Waals surface area contributed by atoms with Crippen LogP contribution in [0.5, 0.6) is 0 Å². The first-order chi connectivity index (χ1) is 9.54. The van der Waals surface area contributed by atoms with E-state index in [0.29, 0.717) is 11.4 Å². The van der Waals surface area contributed by atoms with E-state index in [1.54, 1.807) is 48.3 Å². The lowest BCUT2D eigenvalue weighted by Crippen LogP contribution is -2.30. The molecule has 2 rings (SSSR count). The van der Waals surface area contributed by atoms with Gasteiger partial charge in [0.1, 0.15) is 5.82 Å². The smallest absolute Gasteiger partial charge is 0.243 e. The van der Waals surface area contributed by atoms with E-state index in [0.717, 1.165) is 5.69 Å². The average molecular weight is 273 g/mol. The molecule has 0 radical (unpaired) electrons. The SMILES string of the molecule is CN(CC(=O)Nc1ccc(N)cc1)c1ccc(F)cc1. The number of nitrogens with zero attached hydrogens (tertiary/aromatic N) is 1. The number of nitrogens with two attached hydrogens (primary N) is 1. The summed E-state index contributed by atoms with van der Waals surface area (Å²) in [7, 11) is 1.77. The topological polar surface area (TPSA) is 58.4 Å². The van der Waals surface area contributed by atoms with Gasteiger partial charge in [-0.25, -0.2) is 4.39 Å². The maximum atomic E-state index is 12.8. The molecule has 0 aliphatic rings. The van der Waals surface area contributed by atoms with Crippen LogP contribution < -0.4 is 16.0 Å². The lowest BCUT2D eigenvalue weighted by Gasteiger charge is -2.18. The number of amides is 1. The summed E-state index contributed by atoms with van der Waals surface area (Å²) < 4.78 is 12.8. The Hall–Kier alpha value is -2.56. The van der Waals surface area contributed by atoms with Crippen LogP contribution in [0.4, 0.5) is 21.5 Å². The largest absolute Gasteiger partial charge is 0.399 e. The van der Waals surface area contributed by atoms with Gasteiger partial charge < -0.3 is 16.0 Å². The summed E-state index contributed by atoms with van der Waals surface area (Å²) >= 11 is 0. The lowest BCUT2D eigenvalue weighted by molar-refractivity contribution is -0.114. The van der Waals surface area contributed by atoms with E-state index in [4.69, 9.17) is 5.73 Å². The molecular formula is C15H16FN3O. The summed E-state index contributed by atoms with van der Waals surface area (Å²) in [4.78, 5) is 13.6. The number of benzene rings is 2. The lowest BCUT2D eigenvalue weighted by atomic mass is 10.2. The molecule has 0 unspecified atom stereocenters. The van der Waals surface area contributed by atoms with Crippen LogP contribution in [-0.2, 0) is 4.79 Å². The number of likely N-dealkylation sites (N-methyl/N-ethyl adjacent to an activating group) is 1. The zero-order valence-corrected chi connectivity index (χ0v) is 11.1. The van der Waals surface area contributed by atoms with Gasteiger partial charge in [-0.2, -0.15) is 0 Å². The van der Waals surface area contributed by atoms with Crippen molar-refractivity contribution >= 4 is 23.0 Å². The van der Waals surface area contributed by atoms with Crippen molar-refractivity contribution in [2.75, 3.05) is 29.5 Å². The van der Waals surface area contributed by atoms with Crippen LogP contribution in [0.25, 0.3) is 0 Å². The van der Waals surface area contributed by atoms with Gasteiger partial charge in [-0.1, -0.05) is 0 Å². The molecule has 0 aliphatic carbocycles. The highest BCUT2D eigenvalue weighted by Gasteiger charge is 2.08. The molecule has 20 heavy (non-hydrogen) atoms. The fourth-order valence-electron chi connectivity index (χ4n) is 1.77. The normalized spacial score (nSPS) is 10.1. The van der Waals surface area contributed by atoms with Gasteiger partial charge in [0.25, 0.3) is 0 Å². The van der Waals surface area contributed by atoms with Crippen LogP contribution in [0.15, 0.2) is 48.5 Å². The fraction of sp³-hybridized carbons (Fsp3) is 0.133. The Labute approximate surface area is 117 Å². The second kappa shape index (κ2) is 6.06. The van der Waals surface area contributed by atoms with Crippen LogP contribution in [0.1, 0.15) is 0 Å². The number of nitrogen functional groups attached to an aromatic ring is 1. The highest BCUT2D eigenvalue weighted by molar-refractivity contribution is 5.94. The summed E-state index contributed by atoms with van der Waals surface area (Å²) in [5.74, 6) is -0.449. The van der Waals surface area contributed by atoms with E-state index in [2.05, 4.69) is 5.32 Å². The van der Waals surface area contributed by atoms with E-state index in [-0.39, 0.29) is 18.3 Å². The first-order valence-electron chi connectivity index (χ1n) is 6.17. The van der Waals surface area contributed by atoms with Gasteiger partial charge in [0.2, 0.25) is 5.91 Å². The van der Waals surface area contributed by atoms with Gasteiger partial charge in [0.05, 0.1) is 6.54 Å². The quantitative estimate of drug-likeness (QED) is 0.841. The second-order valence-corrected chi connectivity index (χ2v) is 4.50. The average Bonchev–Trinajstić information content (AvgIpc) is 2.42. The summed E-state index contributed by atoms with van der Waals surface area (Å²) in [6.07, 6.45) is 0. The van der Waals surface area contributed by atoms with Crippen LogP contribution in [0.2, 0.25) is 0 Å². The zero-order valence-electron chi connectivity index (χ0n) is 11.1. The molecule has 3 N–H and O–H groups in total. The zero-order chi connectivity index (χ0) is 14.5. The molecule has 0 heterocycles. The minimum absolute atomic E-state index is 0.151. The molecule has 1 amide bonds. The Morgan fingerprint density at radius 1 is 1.15 bits per heavy atom. The summed E-state index contributed by atoms with van der Waals surface area (Å²) in [6.45, 7) is 0.177. The van der Waals surface area contributed by atoms with Crippen molar-refractivity contribution in [3.8, 4) is 0 Å². The van der Waals surface area contributed by atoms with Crippen molar-refractivity contribution in [3.05, 3.63) is 54.3 Å². The molecular weight excluding hydrogens is 257 g/mol. The standard InChI is InChI=1S/C15H16FN3O/c1-19(14-8-2-11(16)3-9-14)10-15(20)18-13-6-4-12(17)5-7-13/h2-9H,10,17H2,1H3,(H,18,20). The second-order valence-electron chi connectivity index (χ2n) is 4.50. The number of rotatable bonds is 4.